The number of aliphatic hydroxyl groups is 1. The Bertz CT molecular complexity index is 1720. The summed E-state index contributed by atoms with van der Waals surface area (Å²) in [6, 6.07) is 19.8. The van der Waals surface area contributed by atoms with Crippen molar-refractivity contribution in [3.63, 3.8) is 0 Å². The molecule has 10 heteroatoms. The Hall–Kier alpha value is -4.02. The standard InChI is InChI=1S/C35H38ClFN6O2/c36-32-19-29(8-10-34(32)45-23-25-5-4-6-28(37)17-25)41-35-31-18-26(7-9-33(31)39-24-40-35)27-11-15-43(21-27)22-30(44)20-38-12-16-42-13-2-1-3-14-42/h4-11,15,17-19,21,24,30,38,44H,1-3,12-14,16,20,22-23H2,(H,39,40,41). The minimum Gasteiger partial charge on any atom is -0.487 e. The van der Waals surface area contributed by atoms with Gasteiger partial charge in [-0.15, -0.1) is 0 Å². The molecule has 1 atom stereocenters. The number of likely N-dealkylation sites (tertiary alicyclic amines) is 1. The molecule has 6 rings (SSSR count). The second kappa shape index (κ2) is 14.8. The summed E-state index contributed by atoms with van der Waals surface area (Å²) in [7, 11) is 0. The molecule has 0 amide bonds. The van der Waals surface area contributed by atoms with Gasteiger partial charge in [-0.1, -0.05) is 36.2 Å². The van der Waals surface area contributed by atoms with Crippen molar-refractivity contribution in [2.45, 2.75) is 38.5 Å². The number of halogens is 2. The SMILES string of the molecule is OC(CNCCN1CCCCC1)Cn1ccc(-c2ccc3ncnc(Nc4ccc(OCc5cccc(F)c5)c(Cl)c4)c3c2)c1. The molecule has 234 valence electrons. The highest BCUT2D eigenvalue weighted by atomic mass is 35.5. The number of aromatic nitrogens is 3. The van der Waals surface area contributed by atoms with E-state index in [2.05, 4.69) is 43.8 Å². The summed E-state index contributed by atoms with van der Waals surface area (Å²) >= 11 is 6.52. The molecule has 3 aromatic carbocycles. The summed E-state index contributed by atoms with van der Waals surface area (Å²) in [4.78, 5) is 11.4. The summed E-state index contributed by atoms with van der Waals surface area (Å²) in [6.07, 6.45) is 9.03. The van der Waals surface area contributed by atoms with Gasteiger partial charge >= 0.3 is 0 Å². The first-order chi connectivity index (χ1) is 22.0. The maximum absolute atomic E-state index is 13.5. The van der Waals surface area contributed by atoms with Crippen LogP contribution in [0, 0.1) is 5.82 Å². The molecule has 45 heavy (non-hydrogen) atoms. The summed E-state index contributed by atoms with van der Waals surface area (Å²) in [6.45, 7) is 5.59. The number of anilines is 2. The van der Waals surface area contributed by atoms with Gasteiger partial charge in [0.05, 0.1) is 16.6 Å². The first-order valence-electron chi connectivity index (χ1n) is 15.5. The molecule has 1 unspecified atom stereocenters. The van der Waals surface area contributed by atoms with Gasteiger partial charge in [0, 0.05) is 49.6 Å². The number of hydrogen-bond acceptors (Lipinski definition) is 7. The van der Waals surface area contributed by atoms with Crippen molar-refractivity contribution in [3.05, 3.63) is 102 Å². The number of benzene rings is 3. The van der Waals surface area contributed by atoms with Crippen LogP contribution in [0.3, 0.4) is 0 Å². The van der Waals surface area contributed by atoms with Gasteiger partial charge in [-0.3, -0.25) is 0 Å². The predicted molar refractivity (Wildman–Crippen MR) is 178 cm³/mol. The Balaban J connectivity index is 1.07. The van der Waals surface area contributed by atoms with E-state index in [-0.39, 0.29) is 12.4 Å². The van der Waals surface area contributed by atoms with E-state index in [1.165, 1.54) is 50.8 Å². The van der Waals surface area contributed by atoms with Crippen LogP contribution in [-0.2, 0) is 13.2 Å². The molecule has 2 aromatic heterocycles. The highest BCUT2D eigenvalue weighted by Crippen LogP contribution is 2.32. The Labute approximate surface area is 267 Å². The van der Waals surface area contributed by atoms with Gasteiger partial charge in [0.15, 0.2) is 0 Å². The van der Waals surface area contributed by atoms with Crippen LogP contribution >= 0.6 is 11.6 Å². The van der Waals surface area contributed by atoms with Crippen molar-refractivity contribution in [1.82, 2.24) is 24.8 Å². The third-order valence-corrected chi connectivity index (χ3v) is 8.35. The quantitative estimate of drug-likeness (QED) is 0.126. The fourth-order valence-electron chi connectivity index (χ4n) is 5.68. The average Bonchev–Trinajstić information content (AvgIpc) is 3.51. The van der Waals surface area contributed by atoms with E-state index in [1.54, 1.807) is 24.3 Å². The van der Waals surface area contributed by atoms with Gasteiger partial charge in [0.25, 0.3) is 0 Å². The zero-order valence-electron chi connectivity index (χ0n) is 25.1. The molecule has 0 aliphatic carbocycles. The van der Waals surface area contributed by atoms with E-state index < -0.39 is 6.10 Å². The van der Waals surface area contributed by atoms with Crippen molar-refractivity contribution in [1.29, 1.82) is 0 Å². The lowest BCUT2D eigenvalue weighted by Crippen LogP contribution is -2.38. The van der Waals surface area contributed by atoms with E-state index in [4.69, 9.17) is 16.3 Å². The van der Waals surface area contributed by atoms with E-state index in [9.17, 15) is 9.50 Å². The number of hydrogen-bond donors (Lipinski definition) is 3. The number of nitrogens with one attached hydrogen (secondary N) is 2. The van der Waals surface area contributed by atoms with Crippen molar-refractivity contribution in [2.75, 3.05) is 38.0 Å². The van der Waals surface area contributed by atoms with Gasteiger partial charge in [-0.05, 0) is 91.2 Å². The summed E-state index contributed by atoms with van der Waals surface area (Å²) in [5.41, 5.74) is 4.34. The molecule has 1 fully saturated rings. The summed E-state index contributed by atoms with van der Waals surface area (Å²) in [5, 5.41) is 18.7. The number of aliphatic hydroxyl groups excluding tert-OH is 1. The zero-order chi connectivity index (χ0) is 31.0. The van der Waals surface area contributed by atoms with Crippen LogP contribution in [0.25, 0.3) is 22.0 Å². The van der Waals surface area contributed by atoms with E-state index >= 15 is 0 Å². The minimum atomic E-state index is -0.475. The molecule has 1 saturated heterocycles. The van der Waals surface area contributed by atoms with Crippen LogP contribution in [0.2, 0.25) is 5.02 Å². The van der Waals surface area contributed by atoms with Crippen LogP contribution in [0.1, 0.15) is 24.8 Å². The molecule has 5 aromatic rings. The Morgan fingerprint density at radius 2 is 1.87 bits per heavy atom. The van der Waals surface area contributed by atoms with Crippen LogP contribution < -0.4 is 15.4 Å². The number of piperidine rings is 1. The van der Waals surface area contributed by atoms with Crippen LogP contribution in [0.5, 0.6) is 5.75 Å². The zero-order valence-corrected chi connectivity index (χ0v) is 25.9. The molecule has 8 nitrogen and oxygen atoms in total. The molecule has 1 aliphatic heterocycles. The summed E-state index contributed by atoms with van der Waals surface area (Å²) < 4.78 is 21.3. The second-order valence-corrected chi connectivity index (χ2v) is 11.9. The largest absolute Gasteiger partial charge is 0.487 e. The highest BCUT2D eigenvalue weighted by molar-refractivity contribution is 6.32. The molecular formula is C35H38ClFN6O2. The number of fused-ring (bicyclic) bond motifs is 1. The van der Waals surface area contributed by atoms with E-state index in [1.807, 2.05) is 29.0 Å². The average molecular weight is 629 g/mol. The minimum absolute atomic E-state index is 0.208. The fourth-order valence-corrected chi connectivity index (χ4v) is 5.91. The van der Waals surface area contributed by atoms with Gasteiger partial charge in [-0.2, -0.15) is 0 Å². The monoisotopic (exact) mass is 628 g/mol. The summed E-state index contributed by atoms with van der Waals surface area (Å²) in [5.74, 6) is 0.848. The van der Waals surface area contributed by atoms with Crippen LogP contribution in [-0.4, -0.2) is 63.4 Å². The predicted octanol–water partition coefficient (Wildman–Crippen LogP) is 6.65. The van der Waals surface area contributed by atoms with E-state index in [0.717, 1.165) is 46.4 Å². The molecule has 0 saturated carbocycles. The van der Waals surface area contributed by atoms with E-state index in [0.29, 0.717) is 29.7 Å². The number of rotatable bonds is 13. The normalized spacial score (nSPS) is 14.5. The Morgan fingerprint density at radius 1 is 0.978 bits per heavy atom. The molecule has 0 radical (unpaired) electrons. The lowest BCUT2D eigenvalue weighted by atomic mass is 10.1. The van der Waals surface area contributed by atoms with Crippen LogP contribution in [0.15, 0.2) is 85.5 Å². The third kappa shape index (κ3) is 8.38. The first-order valence-corrected chi connectivity index (χ1v) is 15.8. The Morgan fingerprint density at radius 3 is 2.71 bits per heavy atom. The van der Waals surface area contributed by atoms with Crippen molar-refractivity contribution >= 4 is 34.0 Å². The molecule has 3 heterocycles. The Kier molecular flexibility index (Phi) is 10.2. The first kappa shape index (κ1) is 31.0. The van der Waals surface area contributed by atoms with Gasteiger partial charge in [0.2, 0.25) is 0 Å². The van der Waals surface area contributed by atoms with Crippen LogP contribution in [0.4, 0.5) is 15.9 Å². The maximum atomic E-state index is 13.5. The van der Waals surface area contributed by atoms with Gasteiger partial charge < -0.3 is 29.9 Å². The number of ether oxygens (including phenoxy) is 1. The number of nitrogens with zero attached hydrogens (tertiary/aromatic N) is 4. The molecule has 1 aliphatic rings. The highest BCUT2D eigenvalue weighted by Gasteiger charge is 2.12. The smallest absolute Gasteiger partial charge is 0.141 e. The molecule has 0 bridgehead atoms. The van der Waals surface area contributed by atoms with Gasteiger partial charge in [-0.25, -0.2) is 14.4 Å². The van der Waals surface area contributed by atoms with Gasteiger partial charge in [0.1, 0.15) is 30.3 Å². The van der Waals surface area contributed by atoms with Crippen molar-refractivity contribution < 1.29 is 14.2 Å². The lowest BCUT2D eigenvalue weighted by Gasteiger charge is -2.26. The van der Waals surface area contributed by atoms with Crippen molar-refractivity contribution in [3.8, 4) is 16.9 Å². The fraction of sp³-hybridized carbons (Fsp3) is 0.314. The lowest BCUT2D eigenvalue weighted by molar-refractivity contribution is 0.148. The molecular weight excluding hydrogens is 591 g/mol. The van der Waals surface area contributed by atoms with Crippen molar-refractivity contribution in [2.24, 2.45) is 0 Å². The third-order valence-electron chi connectivity index (χ3n) is 8.05. The molecule has 0 spiro atoms. The molecule has 3 N–H and O–H groups in total. The maximum Gasteiger partial charge on any atom is 0.141 e. The second-order valence-electron chi connectivity index (χ2n) is 11.5. The topological polar surface area (TPSA) is 87.5 Å².